The van der Waals surface area contributed by atoms with E-state index >= 15 is 0 Å². The number of alkyl halides is 3. The van der Waals surface area contributed by atoms with Crippen molar-refractivity contribution in [3.05, 3.63) is 48.0 Å². The number of hydrogen-bond donors (Lipinski definition) is 2. The summed E-state index contributed by atoms with van der Waals surface area (Å²) in [4.78, 5) is 23.5. The van der Waals surface area contributed by atoms with Gasteiger partial charge in [0.25, 0.3) is 10.0 Å². The van der Waals surface area contributed by atoms with E-state index in [0.29, 0.717) is 20.3 Å². The van der Waals surface area contributed by atoms with Crippen LogP contribution in [-0.4, -0.2) is 50.0 Å². The van der Waals surface area contributed by atoms with Gasteiger partial charge in [0.15, 0.2) is 0 Å². The third-order valence-corrected chi connectivity index (χ3v) is 8.17. The lowest BCUT2D eigenvalue weighted by Gasteiger charge is -2.36. The molecule has 200 valence electrons. The van der Waals surface area contributed by atoms with Gasteiger partial charge in [-0.15, -0.1) is 0 Å². The Hall–Kier alpha value is -3.48. The van der Waals surface area contributed by atoms with Gasteiger partial charge in [0.1, 0.15) is 11.9 Å². The Kier molecular flexibility index (Phi) is 6.55. The van der Waals surface area contributed by atoms with Crippen molar-refractivity contribution in [3.8, 4) is 5.75 Å². The molecule has 4 rings (SSSR count). The maximum Gasteiger partial charge on any atom is 0.427 e. The molecule has 0 saturated heterocycles. The first-order valence-electron chi connectivity index (χ1n) is 11.3. The van der Waals surface area contributed by atoms with E-state index in [4.69, 9.17) is 4.74 Å². The molecule has 2 aliphatic rings. The van der Waals surface area contributed by atoms with Crippen molar-refractivity contribution in [3.63, 3.8) is 0 Å². The van der Waals surface area contributed by atoms with E-state index in [1.807, 2.05) is 0 Å². The van der Waals surface area contributed by atoms with E-state index in [1.165, 1.54) is 30.3 Å². The molecule has 1 aliphatic carbocycles. The molecule has 37 heavy (non-hydrogen) atoms. The molecule has 1 amide bonds. The molecular weight excluding hydrogens is 517 g/mol. The number of aryl methyl sites for hydroxylation is 1. The molecule has 1 fully saturated rings. The fourth-order valence-corrected chi connectivity index (χ4v) is 5.46. The molecule has 0 spiro atoms. The van der Waals surface area contributed by atoms with Crippen molar-refractivity contribution in [2.75, 3.05) is 16.2 Å². The standard InChI is InChI=1S/C24H25F3N2O7S/c1-13-4-7-15(8-5-13)37(33,34)29-12-20(16-11-17(16)21(30)31)35-19-9-6-14(10-18(19)29)28-22(32)36-23(2,3)24(25,26)27/h4-10,16-17,20H,11-12H2,1-3H3,(H,28,32)(H,30,31)/t16-,17-,20?/m1/s1. The number of benzene rings is 2. The number of anilines is 2. The number of halogens is 3. The largest absolute Gasteiger partial charge is 0.486 e. The molecule has 13 heteroatoms. The monoisotopic (exact) mass is 542 g/mol. The van der Waals surface area contributed by atoms with Crippen molar-refractivity contribution in [2.45, 2.75) is 50.0 Å². The number of carbonyl (C=O) groups is 2. The van der Waals surface area contributed by atoms with Crippen LogP contribution >= 0.6 is 0 Å². The quantitative estimate of drug-likeness (QED) is 0.549. The highest BCUT2D eigenvalue weighted by Crippen LogP contribution is 2.48. The van der Waals surface area contributed by atoms with Gasteiger partial charge in [0.05, 0.1) is 23.0 Å². The van der Waals surface area contributed by atoms with Crippen LogP contribution < -0.4 is 14.4 Å². The van der Waals surface area contributed by atoms with Crippen LogP contribution in [0.2, 0.25) is 0 Å². The lowest BCUT2D eigenvalue weighted by molar-refractivity contribution is -0.242. The first-order valence-corrected chi connectivity index (χ1v) is 12.7. The van der Waals surface area contributed by atoms with Crippen molar-refractivity contribution in [2.24, 2.45) is 11.8 Å². The lowest BCUT2D eigenvalue weighted by atomic mass is 10.1. The number of carboxylic acids is 1. The van der Waals surface area contributed by atoms with E-state index in [1.54, 1.807) is 19.1 Å². The molecular formula is C24H25F3N2O7S. The summed E-state index contributed by atoms with van der Waals surface area (Å²) >= 11 is 0. The zero-order valence-electron chi connectivity index (χ0n) is 20.1. The number of sulfonamides is 1. The summed E-state index contributed by atoms with van der Waals surface area (Å²) in [7, 11) is -4.15. The molecule has 1 heterocycles. The van der Waals surface area contributed by atoms with E-state index in [2.05, 4.69) is 10.1 Å². The summed E-state index contributed by atoms with van der Waals surface area (Å²) < 4.78 is 78.0. The van der Waals surface area contributed by atoms with Gasteiger partial charge >= 0.3 is 18.2 Å². The second-order valence-electron chi connectivity index (χ2n) is 9.55. The van der Waals surface area contributed by atoms with Crippen molar-refractivity contribution < 1.29 is 45.8 Å². The number of hydrogen-bond acceptors (Lipinski definition) is 6. The van der Waals surface area contributed by atoms with Crippen LogP contribution in [0.1, 0.15) is 25.8 Å². The summed E-state index contributed by atoms with van der Waals surface area (Å²) in [6, 6.07) is 10.1. The lowest BCUT2D eigenvalue weighted by Crippen LogP contribution is -2.45. The minimum absolute atomic E-state index is 0.0139. The average molecular weight is 543 g/mol. The number of rotatable bonds is 6. The van der Waals surface area contributed by atoms with Crippen LogP contribution in [0.25, 0.3) is 0 Å². The Bertz CT molecular complexity index is 1330. The van der Waals surface area contributed by atoms with Gasteiger partial charge in [0, 0.05) is 11.6 Å². The number of amides is 1. The second kappa shape index (κ2) is 9.12. The predicted octanol–water partition coefficient (Wildman–Crippen LogP) is 4.56. The van der Waals surface area contributed by atoms with Crippen LogP contribution in [0.5, 0.6) is 5.75 Å². The maximum atomic E-state index is 13.6. The molecule has 1 aliphatic heterocycles. The van der Waals surface area contributed by atoms with Crippen molar-refractivity contribution in [1.82, 2.24) is 0 Å². The maximum absolute atomic E-state index is 13.6. The van der Waals surface area contributed by atoms with E-state index < -0.39 is 51.8 Å². The Morgan fingerprint density at radius 2 is 1.78 bits per heavy atom. The highest BCUT2D eigenvalue weighted by atomic mass is 32.2. The Morgan fingerprint density at radius 1 is 1.14 bits per heavy atom. The summed E-state index contributed by atoms with van der Waals surface area (Å²) in [6.45, 7) is 3.01. The Labute approximate surface area is 211 Å². The molecule has 0 aromatic heterocycles. The fraction of sp³-hybridized carbons (Fsp3) is 0.417. The minimum Gasteiger partial charge on any atom is -0.486 e. The topological polar surface area (TPSA) is 122 Å². The van der Waals surface area contributed by atoms with Crippen LogP contribution in [0.3, 0.4) is 0 Å². The second-order valence-corrected chi connectivity index (χ2v) is 11.4. The van der Waals surface area contributed by atoms with Gasteiger partial charge in [-0.25, -0.2) is 13.2 Å². The van der Waals surface area contributed by atoms with Crippen LogP contribution in [-0.2, 0) is 19.6 Å². The molecule has 2 aromatic rings. The van der Waals surface area contributed by atoms with Gasteiger partial charge < -0.3 is 14.6 Å². The Morgan fingerprint density at radius 3 is 2.35 bits per heavy atom. The Balaban J connectivity index is 1.66. The van der Waals surface area contributed by atoms with Gasteiger partial charge in [-0.1, -0.05) is 17.7 Å². The molecule has 1 saturated carbocycles. The molecule has 0 bridgehead atoms. The number of carboxylic acid groups (broad SMARTS) is 1. The zero-order valence-corrected chi connectivity index (χ0v) is 20.9. The van der Waals surface area contributed by atoms with E-state index in [0.717, 1.165) is 9.87 Å². The number of nitrogens with one attached hydrogen (secondary N) is 1. The molecule has 9 nitrogen and oxygen atoms in total. The van der Waals surface area contributed by atoms with Crippen LogP contribution in [0.15, 0.2) is 47.4 Å². The predicted molar refractivity (Wildman–Crippen MR) is 126 cm³/mol. The summed E-state index contributed by atoms with van der Waals surface area (Å²) in [5, 5.41) is 11.5. The molecule has 3 atom stereocenters. The zero-order chi connectivity index (χ0) is 27.3. The molecule has 0 radical (unpaired) electrons. The van der Waals surface area contributed by atoms with Crippen molar-refractivity contribution >= 4 is 33.5 Å². The van der Waals surface area contributed by atoms with Gasteiger partial charge in [-0.3, -0.25) is 14.4 Å². The van der Waals surface area contributed by atoms with Gasteiger partial charge in [-0.05, 0) is 57.5 Å². The minimum atomic E-state index is -4.81. The molecule has 2 N–H and O–H groups in total. The van der Waals surface area contributed by atoms with Crippen LogP contribution in [0, 0.1) is 18.8 Å². The summed E-state index contributed by atoms with van der Waals surface area (Å²) in [5.74, 6) is -1.91. The molecule has 1 unspecified atom stereocenters. The normalized spacial score (nSPS) is 21.5. The number of nitrogens with zero attached hydrogens (tertiary/aromatic N) is 1. The number of carbonyl (C=O) groups excluding carboxylic acids is 1. The van der Waals surface area contributed by atoms with Crippen molar-refractivity contribution in [1.29, 1.82) is 0 Å². The average Bonchev–Trinajstić information content (AvgIpc) is 3.59. The first kappa shape index (κ1) is 26.6. The third-order valence-electron chi connectivity index (χ3n) is 6.37. The third kappa shape index (κ3) is 5.31. The molecule has 2 aromatic carbocycles. The fourth-order valence-electron chi connectivity index (χ4n) is 3.98. The van der Waals surface area contributed by atoms with E-state index in [9.17, 15) is 36.3 Å². The number of ether oxygens (including phenoxy) is 2. The summed E-state index contributed by atoms with van der Waals surface area (Å²) in [6.07, 6.45) is -6.58. The van der Waals surface area contributed by atoms with E-state index in [-0.39, 0.29) is 28.6 Å². The highest BCUT2D eigenvalue weighted by molar-refractivity contribution is 7.92. The smallest absolute Gasteiger partial charge is 0.427 e. The number of fused-ring (bicyclic) bond motifs is 1. The summed E-state index contributed by atoms with van der Waals surface area (Å²) in [5.41, 5.74) is -1.90. The van der Waals surface area contributed by atoms with Gasteiger partial charge in [-0.2, -0.15) is 13.2 Å². The highest BCUT2D eigenvalue weighted by Gasteiger charge is 2.52. The SMILES string of the molecule is Cc1ccc(S(=O)(=O)N2CC([C@@H]3C[C@H]3C(=O)O)Oc3ccc(NC(=O)OC(C)(C)C(F)(F)F)cc32)cc1. The number of aliphatic carboxylic acids is 1. The first-order chi connectivity index (χ1) is 17.1. The van der Waals surface area contributed by atoms with Crippen LogP contribution in [0.4, 0.5) is 29.3 Å². The van der Waals surface area contributed by atoms with Gasteiger partial charge in [0.2, 0.25) is 5.60 Å².